The highest BCUT2D eigenvalue weighted by atomic mass is 19.1. The maximum absolute atomic E-state index is 14.4. The summed E-state index contributed by atoms with van der Waals surface area (Å²) in [6.45, 7) is 0. The van der Waals surface area contributed by atoms with E-state index in [1.54, 1.807) is 18.3 Å². The van der Waals surface area contributed by atoms with Gasteiger partial charge in [-0.2, -0.15) is 5.26 Å². The number of rotatable bonds is 0. The van der Waals surface area contributed by atoms with Crippen LogP contribution in [-0.2, 0) is 0 Å². The van der Waals surface area contributed by atoms with Gasteiger partial charge in [-0.25, -0.2) is 4.39 Å². The first-order chi connectivity index (χ1) is 13.2. The SMILES string of the molecule is N#C/C=C1/C(=C2\c3ccccc3-c3ncccc32)C(=O)c2c(F)cccc21. The van der Waals surface area contributed by atoms with Gasteiger partial charge in [-0.1, -0.05) is 42.5 Å². The average Bonchev–Trinajstić information content (AvgIpc) is 3.16. The first-order valence-corrected chi connectivity index (χ1v) is 8.45. The van der Waals surface area contributed by atoms with Crippen molar-refractivity contribution >= 4 is 16.9 Å². The van der Waals surface area contributed by atoms with Gasteiger partial charge in [0.1, 0.15) is 5.82 Å². The van der Waals surface area contributed by atoms with Crippen LogP contribution in [0.5, 0.6) is 0 Å². The lowest BCUT2D eigenvalue weighted by molar-refractivity contribution is 0.104. The van der Waals surface area contributed by atoms with E-state index in [0.29, 0.717) is 22.3 Å². The zero-order valence-corrected chi connectivity index (χ0v) is 14.0. The Labute approximate surface area is 154 Å². The van der Waals surface area contributed by atoms with Crippen molar-refractivity contribution in [1.29, 1.82) is 5.26 Å². The van der Waals surface area contributed by atoms with Crippen LogP contribution >= 0.6 is 0 Å². The zero-order valence-electron chi connectivity index (χ0n) is 14.0. The van der Waals surface area contributed by atoms with Crippen molar-refractivity contribution in [2.24, 2.45) is 0 Å². The van der Waals surface area contributed by atoms with Crippen molar-refractivity contribution in [1.82, 2.24) is 4.98 Å². The Kier molecular flexibility index (Phi) is 3.19. The van der Waals surface area contributed by atoms with Crippen molar-refractivity contribution in [3.05, 3.63) is 101 Å². The second kappa shape index (κ2) is 5.58. The molecule has 0 aliphatic heterocycles. The summed E-state index contributed by atoms with van der Waals surface area (Å²) in [5, 5.41) is 9.29. The van der Waals surface area contributed by atoms with Crippen molar-refractivity contribution in [3.63, 3.8) is 0 Å². The fourth-order valence-corrected chi connectivity index (χ4v) is 3.97. The van der Waals surface area contributed by atoms with E-state index in [9.17, 15) is 14.4 Å². The normalized spacial score (nSPS) is 18.2. The topological polar surface area (TPSA) is 53.8 Å². The summed E-state index contributed by atoms with van der Waals surface area (Å²) < 4.78 is 14.4. The van der Waals surface area contributed by atoms with Gasteiger partial charge in [-0.15, -0.1) is 0 Å². The summed E-state index contributed by atoms with van der Waals surface area (Å²) >= 11 is 0. The molecule has 1 aromatic heterocycles. The van der Waals surface area contributed by atoms with E-state index in [4.69, 9.17) is 0 Å². The van der Waals surface area contributed by atoms with Gasteiger partial charge in [-0.3, -0.25) is 9.78 Å². The second-order valence-corrected chi connectivity index (χ2v) is 6.37. The molecule has 126 valence electrons. The lowest BCUT2D eigenvalue weighted by atomic mass is 9.93. The fraction of sp³-hybridized carbons (Fsp3) is 0. The number of nitriles is 1. The first-order valence-electron chi connectivity index (χ1n) is 8.45. The van der Waals surface area contributed by atoms with Crippen LogP contribution < -0.4 is 0 Å². The molecule has 0 amide bonds. The smallest absolute Gasteiger partial charge is 0.197 e. The third kappa shape index (κ3) is 2.00. The van der Waals surface area contributed by atoms with Crippen LogP contribution in [0.4, 0.5) is 4.39 Å². The third-order valence-corrected chi connectivity index (χ3v) is 5.01. The Hall–Kier alpha value is -3.84. The Balaban J connectivity index is 1.93. The molecule has 27 heavy (non-hydrogen) atoms. The van der Waals surface area contributed by atoms with Gasteiger partial charge >= 0.3 is 0 Å². The number of ketones is 1. The molecular weight excluding hydrogens is 339 g/mol. The molecule has 0 fully saturated rings. The van der Waals surface area contributed by atoms with Gasteiger partial charge in [-0.05, 0) is 23.3 Å². The Morgan fingerprint density at radius 3 is 2.44 bits per heavy atom. The fourth-order valence-electron chi connectivity index (χ4n) is 3.97. The van der Waals surface area contributed by atoms with Crippen LogP contribution in [0.1, 0.15) is 27.0 Å². The highest BCUT2D eigenvalue weighted by Gasteiger charge is 2.38. The highest BCUT2D eigenvalue weighted by Crippen LogP contribution is 2.50. The molecule has 2 aliphatic carbocycles. The van der Waals surface area contributed by atoms with E-state index in [1.165, 1.54) is 12.1 Å². The minimum Gasteiger partial charge on any atom is -0.288 e. The van der Waals surface area contributed by atoms with Crippen molar-refractivity contribution in [2.45, 2.75) is 0 Å². The van der Waals surface area contributed by atoms with Crippen molar-refractivity contribution < 1.29 is 9.18 Å². The van der Waals surface area contributed by atoms with E-state index in [2.05, 4.69) is 4.98 Å². The van der Waals surface area contributed by atoms with Crippen molar-refractivity contribution in [2.75, 3.05) is 0 Å². The monoisotopic (exact) mass is 350 g/mol. The number of carbonyl (C=O) groups excluding carboxylic acids is 1. The summed E-state index contributed by atoms with van der Waals surface area (Å²) in [5.74, 6) is -0.972. The van der Waals surface area contributed by atoms with Gasteiger partial charge in [0.15, 0.2) is 5.78 Å². The predicted molar refractivity (Wildman–Crippen MR) is 100 cm³/mol. The van der Waals surface area contributed by atoms with Gasteiger partial charge in [0.2, 0.25) is 0 Å². The van der Waals surface area contributed by atoms with Crippen LogP contribution in [0.25, 0.3) is 22.4 Å². The Morgan fingerprint density at radius 2 is 1.63 bits per heavy atom. The third-order valence-electron chi connectivity index (χ3n) is 5.01. The van der Waals surface area contributed by atoms with Gasteiger partial charge < -0.3 is 0 Å². The predicted octanol–water partition coefficient (Wildman–Crippen LogP) is 4.81. The molecule has 3 aromatic rings. The van der Waals surface area contributed by atoms with Crippen LogP contribution in [-0.4, -0.2) is 10.8 Å². The molecule has 0 saturated carbocycles. The van der Waals surface area contributed by atoms with E-state index < -0.39 is 11.6 Å². The number of halogens is 1. The Bertz CT molecular complexity index is 1210. The number of nitrogens with zero attached hydrogens (tertiary/aromatic N) is 2. The van der Waals surface area contributed by atoms with E-state index in [-0.39, 0.29) is 5.56 Å². The molecule has 0 saturated heterocycles. The number of Topliss-reactive ketones (excluding diaryl/α,β-unsaturated/α-hetero) is 1. The number of aromatic nitrogens is 1. The largest absolute Gasteiger partial charge is 0.288 e. The molecule has 2 aromatic carbocycles. The molecule has 3 nitrogen and oxygen atoms in total. The second-order valence-electron chi connectivity index (χ2n) is 6.37. The number of allylic oxidation sites excluding steroid dienone is 3. The first kappa shape index (κ1) is 15.4. The van der Waals surface area contributed by atoms with Gasteiger partial charge in [0, 0.05) is 40.1 Å². The lowest BCUT2D eigenvalue weighted by Gasteiger charge is -2.08. The van der Waals surface area contributed by atoms with Crippen molar-refractivity contribution in [3.8, 4) is 17.3 Å². The number of fused-ring (bicyclic) bond motifs is 4. The molecule has 2 aliphatic rings. The summed E-state index contributed by atoms with van der Waals surface area (Å²) in [6, 6.07) is 17.9. The van der Waals surface area contributed by atoms with E-state index in [0.717, 1.165) is 22.4 Å². The number of hydrogen-bond acceptors (Lipinski definition) is 3. The van der Waals surface area contributed by atoms with Crippen LogP contribution in [0.15, 0.2) is 72.4 Å². The Morgan fingerprint density at radius 1 is 0.889 bits per heavy atom. The molecule has 0 unspecified atom stereocenters. The molecule has 0 N–H and O–H groups in total. The highest BCUT2D eigenvalue weighted by molar-refractivity contribution is 6.32. The summed E-state index contributed by atoms with van der Waals surface area (Å²) in [6.07, 6.45) is 3.03. The molecule has 0 spiro atoms. The zero-order chi connectivity index (χ0) is 18.5. The molecule has 4 heteroatoms. The molecule has 0 radical (unpaired) electrons. The van der Waals surface area contributed by atoms with Gasteiger partial charge in [0.25, 0.3) is 0 Å². The number of benzene rings is 2. The minimum absolute atomic E-state index is 0.0244. The summed E-state index contributed by atoms with van der Waals surface area (Å²) in [7, 11) is 0. The van der Waals surface area contributed by atoms with Crippen LogP contribution in [0.2, 0.25) is 0 Å². The summed E-state index contributed by atoms with van der Waals surface area (Å²) in [5.41, 5.74) is 5.40. The van der Waals surface area contributed by atoms with Gasteiger partial charge in [0.05, 0.1) is 17.3 Å². The number of carbonyl (C=O) groups is 1. The molecule has 1 heterocycles. The average molecular weight is 350 g/mol. The van der Waals surface area contributed by atoms with E-state index >= 15 is 0 Å². The molecule has 0 atom stereocenters. The summed E-state index contributed by atoms with van der Waals surface area (Å²) in [4.78, 5) is 17.7. The number of pyridine rings is 1. The molecular formula is C23H11FN2O. The maximum atomic E-state index is 14.4. The lowest BCUT2D eigenvalue weighted by Crippen LogP contribution is -2.01. The van der Waals surface area contributed by atoms with Crippen LogP contribution in [0.3, 0.4) is 0 Å². The van der Waals surface area contributed by atoms with E-state index in [1.807, 2.05) is 42.5 Å². The maximum Gasteiger partial charge on any atom is 0.197 e. The standard InChI is InChI=1S/C23H11FN2O/c24-18-9-3-7-13-15(10-11-25)21(23(27)20(13)18)19-14-5-1-2-6-16(14)22-17(19)8-4-12-26-22/h1-10,12H/b15-10+,21-19-. The minimum atomic E-state index is -0.574. The molecule has 5 rings (SSSR count). The van der Waals surface area contributed by atoms with Crippen LogP contribution in [0, 0.1) is 17.1 Å². The quantitative estimate of drug-likeness (QED) is 0.338. The number of hydrogen-bond donors (Lipinski definition) is 0. The molecule has 0 bridgehead atoms.